The van der Waals surface area contributed by atoms with Crippen LogP contribution in [-0.4, -0.2) is 21.9 Å². The van der Waals surface area contributed by atoms with E-state index >= 15 is 0 Å². The number of nitrogens with one attached hydrogen (secondary N) is 1. The van der Waals surface area contributed by atoms with Gasteiger partial charge in [0.15, 0.2) is 10.1 Å². The number of amides is 1. The molecular weight excluding hydrogens is 414 g/mol. The third kappa shape index (κ3) is 4.47. The lowest BCUT2D eigenvalue weighted by atomic mass is 10.1. The molecule has 2 aromatic heterocycles. The summed E-state index contributed by atoms with van der Waals surface area (Å²) < 4.78 is 6.63. The highest BCUT2D eigenvalue weighted by Gasteiger charge is 2.19. The first-order valence-corrected chi connectivity index (χ1v) is 11.3. The molecule has 0 unspecified atom stereocenters. The monoisotopic (exact) mass is 435 g/mol. The molecule has 0 aliphatic heterocycles. The molecule has 0 fully saturated rings. The first-order valence-electron chi connectivity index (χ1n) is 9.51. The van der Waals surface area contributed by atoms with Gasteiger partial charge in [0.05, 0.1) is 0 Å². The summed E-state index contributed by atoms with van der Waals surface area (Å²) in [5.74, 6) is 0.777. The molecule has 1 amide bonds. The van der Waals surface area contributed by atoms with Crippen molar-refractivity contribution in [1.82, 2.24) is 10.2 Å². The van der Waals surface area contributed by atoms with Crippen molar-refractivity contribution in [2.45, 2.75) is 25.1 Å². The normalized spacial score (nSPS) is 11.4. The predicted molar refractivity (Wildman–Crippen MR) is 124 cm³/mol. The summed E-state index contributed by atoms with van der Waals surface area (Å²) >= 11 is 2.93. The molecule has 5 nitrogen and oxygen atoms in total. The zero-order chi connectivity index (χ0) is 21.1. The Morgan fingerprint density at radius 1 is 1.13 bits per heavy atom. The number of hydrogen-bond donors (Lipinski definition) is 1. The van der Waals surface area contributed by atoms with Gasteiger partial charge in [-0.2, -0.15) is 0 Å². The van der Waals surface area contributed by atoms with Gasteiger partial charge in [0, 0.05) is 16.7 Å². The van der Waals surface area contributed by atoms with Gasteiger partial charge in [-0.15, -0.1) is 10.2 Å². The van der Waals surface area contributed by atoms with Crippen LogP contribution in [0.25, 0.3) is 17.0 Å². The van der Waals surface area contributed by atoms with E-state index in [-0.39, 0.29) is 5.91 Å². The quantitative estimate of drug-likeness (QED) is 0.286. The van der Waals surface area contributed by atoms with E-state index in [0.717, 1.165) is 37.8 Å². The zero-order valence-corrected chi connectivity index (χ0v) is 18.6. The predicted octanol–water partition coefficient (Wildman–Crippen LogP) is 6.27. The van der Waals surface area contributed by atoms with Crippen LogP contribution in [-0.2, 0) is 0 Å². The lowest BCUT2D eigenvalue weighted by molar-refractivity contribution is 0.0998. The molecule has 0 bridgehead atoms. The molecule has 0 spiro atoms. The lowest BCUT2D eigenvalue weighted by Crippen LogP contribution is -2.11. The van der Waals surface area contributed by atoms with Crippen molar-refractivity contribution in [2.75, 3.05) is 11.1 Å². The van der Waals surface area contributed by atoms with Crippen LogP contribution in [0.1, 0.15) is 32.8 Å². The number of aromatic nitrogens is 2. The summed E-state index contributed by atoms with van der Waals surface area (Å²) in [6.45, 7) is 5.98. The van der Waals surface area contributed by atoms with Crippen LogP contribution >= 0.6 is 23.1 Å². The minimum absolute atomic E-state index is 0.310. The van der Waals surface area contributed by atoms with Gasteiger partial charge < -0.3 is 4.42 Å². The number of rotatable bonds is 6. The summed E-state index contributed by atoms with van der Waals surface area (Å²) in [5, 5.41) is 12.5. The number of nitrogens with zero attached hydrogens (tertiary/aromatic N) is 2. The average Bonchev–Trinajstić information content (AvgIpc) is 3.31. The molecule has 2 aromatic carbocycles. The van der Waals surface area contributed by atoms with E-state index in [1.54, 1.807) is 11.8 Å². The van der Waals surface area contributed by atoms with Crippen LogP contribution in [0.4, 0.5) is 5.13 Å². The largest absolute Gasteiger partial charge is 0.451 e. The number of aryl methyl sites for hydroxylation is 3. The van der Waals surface area contributed by atoms with E-state index in [0.29, 0.717) is 10.9 Å². The van der Waals surface area contributed by atoms with Crippen molar-refractivity contribution < 1.29 is 9.21 Å². The third-order valence-electron chi connectivity index (χ3n) is 4.80. The van der Waals surface area contributed by atoms with Gasteiger partial charge >= 0.3 is 0 Å². The van der Waals surface area contributed by atoms with Crippen LogP contribution in [0.15, 0.2) is 57.3 Å². The maximum Gasteiger partial charge on any atom is 0.293 e. The van der Waals surface area contributed by atoms with Gasteiger partial charge in [-0.05, 0) is 49.6 Å². The molecule has 0 radical (unpaired) electrons. The standard InChI is InChI=1S/C23H21N3O2S2/c1-14-12-18-16(3)20(28-19(18)13-15(14)2)21(27)24-22-25-26-23(30-22)29-11-7-10-17-8-5-4-6-9-17/h4-10,12-13H,11H2,1-3H3,(H,24,25,27)/b10-7+. The number of hydrogen-bond acceptors (Lipinski definition) is 6. The van der Waals surface area contributed by atoms with Crippen LogP contribution in [0, 0.1) is 20.8 Å². The highest BCUT2D eigenvalue weighted by atomic mass is 32.2. The fourth-order valence-electron chi connectivity index (χ4n) is 3.03. The number of anilines is 1. The second-order valence-electron chi connectivity index (χ2n) is 6.94. The van der Waals surface area contributed by atoms with Crippen LogP contribution < -0.4 is 5.32 Å². The van der Waals surface area contributed by atoms with Crippen LogP contribution in [0.3, 0.4) is 0 Å². The van der Waals surface area contributed by atoms with E-state index in [1.165, 1.54) is 16.9 Å². The fraction of sp³-hybridized carbons (Fsp3) is 0.174. The van der Waals surface area contributed by atoms with E-state index in [1.807, 2.05) is 38.1 Å². The van der Waals surface area contributed by atoms with Crippen molar-refractivity contribution in [2.24, 2.45) is 0 Å². The first kappa shape index (κ1) is 20.4. The summed E-state index contributed by atoms with van der Waals surface area (Å²) in [6, 6.07) is 14.2. The Morgan fingerprint density at radius 3 is 2.70 bits per heavy atom. The molecule has 4 rings (SSSR count). The van der Waals surface area contributed by atoms with E-state index in [9.17, 15) is 4.79 Å². The average molecular weight is 436 g/mol. The molecule has 0 aliphatic rings. The molecule has 0 saturated heterocycles. The Morgan fingerprint density at radius 2 is 1.90 bits per heavy atom. The van der Waals surface area contributed by atoms with Gasteiger partial charge in [-0.25, -0.2) is 0 Å². The molecule has 0 aliphatic carbocycles. The van der Waals surface area contributed by atoms with Crippen LogP contribution in [0.5, 0.6) is 0 Å². The molecular formula is C23H21N3O2S2. The number of carbonyl (C=O) groups excluding carboxylic acids is 1. The first-order chi connectivity index (χ1) is 14.5. The molecule has 1 N–H and O–H groups in total. The van der Waals surface area contributed by atoms with Gasteiger partial charge in [-0.1, -0.05) is 65.6 Å². The Kier molecular flexibility index (Phi) is 6.01. The molecule has 0 atom stereocenters. The summed E-state index contributed by atoms with van der Waals surface area (Å²) in [7, 11) is 0. The number of fused-ring (bicyclic) bond motifs is 1. The maximum absolute atomic E-state index is 12.7. The second kappa shape index (κ2) is 8.85. The van der Waals surface area contributed by atoms with Gasteiger partial charge in [0.2, 0.25) is 5.13 Å². The number of carbonyl (C=O) groups is 1. The number of benzene rings is 2. The van der Waals surface area contributed by atoms with Crippen LogP contribution in [0.2, 0.25) is 0 Å². The molecule has 0 saturated carbocycles. The molecule has 30 heavy (non-hydrogen) atoms. The smallest absolute Gasteiger partial charge is 0.293 e. The Labute approximate surface area is 183 Å². The summed E-state index contributed by atoms with van der Waals surface area (Å²) in [4.78, 5) is 12.7. The SMILES string of the molecule is Cc1cc2oc(C(=O)Nc3nnc(SC/C=C/c4ccccc4)s3)c(C)c2cc1C. The van der Waals surface area contributed by atoms with Crippen molar-refractivity contribution in [1.29, 1.82) is 0 Å². The molecule has 2 heterocycles. The lowest BCUT2D eigenvalue weighted by Gasteiger charge is -1.98. The second-order valence-corrected chi connectivity index (χ2v) is 9.18. The fourth-order valence-corrected chi connectivity index (χ4v) is 4.62. The molecule has 152 valence electrons. The van der Waals surface area contributed by atoms with Gasteiger partial charge in [-0.3, -0.25) is 10.1 Å². The highest BCUT2D eigenvalue weighted by Crippen LogP contribution is 2.30. The number of furan rings is 1. The molecule has 7 heteroatoms. The minimum Gasteiger partial charge on any atom is -0.451 e. The number of thioether (sulfide) groups is 1. The molecule has 4 aromatic rings. The minimum atomic E-state index is -0.310. The van der Waals surface area contributed by atoms with Crippen molar-refractivity contribution in [3.05, 3.63) is 76.6 Å². The van der Waals surface area contributed by atoms with E-state index in [2.05, 4.69) is 52.8 Å². The van der Waals surface area contributed by atoms with Crippen molar-refractivity contribution in [3.63, 3.8) is 0 Å². The summed E-state index contributed by atoms with van der Waals surface area (Å²) in [6.07, 6.45) is 4.16. The topological polar surface area (TPSA) is 68.0 Å². The Bertz CT molecular complexity index is 1230. The van der Waals surface area contributed by atoms with E-state index < -0.39 is 0 Å². The highest BCUT2D eigenvalue weighted by molar-refractivity contribution is 8.01. The Hall–Kier alpha value is -2.90. The van der Waals surface area contributed by atoms with Gasteiger partial charge in [0.1, 0.15) is 5.58 Å². The zero-order valence-electron chi connectivity index (χ0n) is 16.9. The van der Waals surface area contributed by atoms with Crippen molar-refractivity contribution >= 4 is 51.2 Å². The third-order valence-corrected chi connectivity index (χ3v) is 6.72. The summed E-state index contributed by atoms with van der Waals surface area (Å²) in [5.41, 5.74) is 5.02. The van der Waals surface area contributed by atoms with E-state index in [4.69, 9.17) is 4.42 Å². The Balaban J connectivity index is 1.40. The maximum atomic E-state index is 12.7. The van der Waals surface area contributed by atoms with Gasteiger partial charge in [0.25, 0.3) is 5.91 Å². The van der Waals surface area contributed by atoms with Crippen molar-refractivity contribution in [3.8, 4) is 0 Å².